The van der Waals surface area contributed by atoms with Gasteiger partial charge in [0.05, 0.1) is 23.6 Å². The number of rotatable bonds is 7. The van der Waals surface area contributed by atoms with Gasteiger partial charge in [-0.1, -0.05) is 0 Å². The lowest BCUT2D eigenvalue weighted by atomic mass is 10.1. The number of hydrogen-bond donors (Lipinski definition) is 2. The minimum atomic E-state index is -4.55. The second-order valence-corrected chi connectivity index (χ2v) is 9.05. The van der Waals surface area contributed by atoms with E-state index in [2.05, 4.69) is 25.6 Å². The number of carbonyl (C=O) groups is 1. The van der Waals surface area contributed by atoms with Gasteiger partial charge in [0.15, 0.2) is 14.9 Å². The van der Waals surface area contributed by atoms with E-state index in [1.807, 2.05) is 0 Å². The summed E-state index contributed by atoms with van der Waals surface area (Å²) in [5.41, 5.74) is -0.224. The smallest absolute Gasteiger partial charge is 0.417 e. The quantitative estimate of drug-likeness (QED) is 0.503. The molecule has 13 heteroatoms. The zero-order valence-electron chi connectivity index (χ0n) is 18.3. The monoisotopic (exact) mass is 495 g/mol. The van der Waals surface area contributed by atoms with Crippen LogP contribution in [-0.4, -0.2) is 42.1 Å². The molecule has 0 radical (unpaired) electrons. The summed E-state index contributed by atoms with van der Waals surface area (Å²) in [5.74, 6) is 0.0786. The van der Waals surface area contributed by atoms with Crippen molar-refractivity contribution in [3.8, 4) is 17.0 Å². The largest absolute Gasteiger partial charge is 0.494 e. The molecule has 0 saturated carbocycles. The molecule has 3 aromatic heterocycles. The Morgan fingerprint density at radius 3 is 2.38 bits per heavy atom. The molecule has 0 aromatic carbocycles. The van der Waals surface area contributed by atoms with E-state index in [9.17, 15) is 26.4 Å². The second-order valence-electron chi connectivity index (χ2n) is 7.08. The molecular weight excluding hydrogens is 475 g/mol. The molecule has 0 spiro atoms. The number of nitrogens with zero attached hydrogens (tertiary/aromatic N) is 3. The number of hydrogen-bond acceptors (Lipinski definition) is 8. The summed E-state index contributed by atoms with van der Waals surface area (Å²) < 4.78 is 68.3. The first-order valence-corrected chi connectivity index (χ1v) is 11.7. The van der Waals surface area contributed by atoms with Crippen LogP contribution in [0.3, 0.4) is 0 Å². The van der Waals surface area contributed by atoms with Gasteiger partial charge in [-0.25, -0.2) is 18.4 Å². The van der Waals surface area contributed by atoms with Gasteiger partial charge in [0.25, 0.3) is 0 Å². The molecule has 3 heterocycles. The van der Waals surface area contributed by atoms with Crippen molar-refractivity contribution in [2.45, 2.75) is 25.0 Å². The average Bonchev–Trinajstić information content (AvgIpc) is 2.72. The summed E-state index contributed by atoms with van der Waals surface area (Å²) in [6, 6.07) is 6.21. The third-order valence-corrected chi connectivity index (χ3v) is 5.27. The van der Waals surface area contributed by atoms with E-state index in [0.717, 1.165) is 12.3 Å². The van der Waals surface area contributed by atoms with Crippen molar-refractivity contribution >= 4 is 33.1 Å². The molecule has 3 aromatic rings. The van der Waals surface area contributed by atoms with Gasteiger partial charge in [0, 0.05) is 49.3 Å². The van der Waals surface area contributed by atoms with Gasteiger partial charge in [-0.3, -0.25) is 9.78 Å². The Morgan fingerprint density at radius 1 is 1.09 bits per heavy atom. The molecule has 0 saturated heterocycles. The molecule has 2 N–H and O–H groups in total. The molecule has 3 rings (SSSR count). The first-order valence-electron chi connectivity index (χ1n) is 9.80. The van der Waals surface area contributed by atoms with Gasteiger partial charge in [-0.15, -0.1) is 0 Å². The molecule has 34 heavy (non-hydrogen) atoms. The fourth-order valence-electron chi connectivity index (χ4n) is 2.86. The van der Waals surface area contributed by atoms with Crippen molar-refractivity contribution < 1.29 is 31.1 Å². The molecule has 0 aliphatic rings. The van der Waals surface area contributed by atoms with Gasteiger partial charge >= 0.3 is 6.18 Å². The Labute approximate surface area is 193 Å². The molecule has 0 aliphatic carbocycles. The van der Waals surface area contributed by atoms with Crippen LogP contribution in [0.1, 0.15) is 19.4 Å². The third-order valence-electron chi connectivity index (χ3n) is 4.30. The zero-order chi connectivity index (χ0) is 25.1. The van der Waals surface area contributed by atoms with Crippen molar-refractivity contribution in [2.75, 3.05) is 23.5 Å². The maximum Gasteiger partial charge on any atom is 0.417 e. The van der Waals surface area contributed by atoms with Gasteiger partial charge in [-0.05, 0) is 19.1 Å². The fourth-order valence-corrected chi connectivity index (χ4v) is 3.45. The van der Waals surface area contributed by atoms with E-state index < -0.39 is 27.5 Å². The summed E-state index contributed by atoms with van der Waals surface area (Å²) >= 11 is 0. The molecule has 1 amide bonds. The lowest BCUT2D eigenvalue weighted by molar-refractivity contribution is -0.137. The first-order chi connectivity index (χ1) is 15.9. The number of anilines is 3. The normalized spacial score (nSPS) is 11.7. The van der Waals surface area contributed by atoms with Crippen molar-refractivity contribution in [3.63, 3.8) is 0 Å². The highest BCUT2D eigenvalue weighted by Crippen LogP contribution is 2.34. The predicted molar refractivity (Wildman–Crippen MR) is 119 cm³/mol. The van der Waals surface area contributed by atoms with E-state index in [-0.39, 0.29) is 46.0 Å². The van der Waals surface area contributed by atoms with E-state index in [1.165, 1.54) is 37.4 Å². The summed E-state index contributed by atoms with van der Waals surface area (Å²) in [4.78, 5) is 23.5. The zero-order valence-corrected chi connectivity index (χ0v) is 19.1. The number of aromatic nitrogens is 3. The summed E-state index contributed by atoms with van der Waals surface area (Å²) in [6.45, 7) is 3.28. The molecule has 0 atom stereocenters. The highest BCUT2D eigenvalue weighted by atomic mass is 32.2. The maximum atomic E-state index is 12.9. The molecule has 0 fully saturated rings. The molecular formula is C21H20F3N5O4S. The fraction of sp³-hybridized carbons (Fsp3) is 0.238. The Hall–Kier alpha value is -3.74. The van der Waals surface area contributed by atoms with Crippen LogP contribution in [0.15, 0.2) is 47.8 Å². The lowest BCUT2D eigenvalue weighted by Crippen LogP contribution is -2.09. The minimum Gasteiger partial charge on any atom is -0.494 e. The predicted octanol–water partition coefficient (Wildman–Crippen LogP) is 4.06. The van der Waals surface area contributed by atoms with Gasteiger partial charge < -0.3 is 15.4 Å². The van der Waals surface area contributed by atoms with Gasteiger partial charge in [0.1, 0.15) is 17.4 Å². The number of halogens is 3. The highest BCUT2D eigenvalue weighted by molar-refractivity contribution is 7.90. The Morgan fingerprint density at radius 2 is 1.82 bits per heavy atom. The van der Waals surface area contributed by atoms with Crippen molar-refractivity contribution in [1.82, 2.24) is 15.0 Å². The van der Waals surface area contributed by atoms with Crippen LogP contribution in [0, 0.1) is 0 Å². The number of nitrogens with one attached hydrogen (secondary N) is 2. The number of carbonyl (C=O) groups excluding carboxylic acids is 1. The minimum absolute atomic E-state index is 0.0829. The van der Waals surface area contributed by atoms with E-state index in [4.69, 9.17) is 4.74 Å². The number of amides is 1. The third kappa shape index (κ3) is 6.19. The number of ether oxygens (including phenoxy) is 1. The van der Waals surface area contributed by atoms with Crippen LogP contribution < -0.4 is 15.4 Å². The van der Waals surface area contributed by atoms with Crippen molar-refractivity contribution in [3.05, 3.63) is 48.3 Å². The molecule has 0 bridgehead atoms. The van der Waals surface area contributed by atoms with Crippen LogP contribution in [0.4, 0.5) is 30.5 Å². The number of pyridine rings is 3. The van der Waals surface area contributed by atoms with Crippen molar-refractivity contribution in [2.24, 2.45) is 0 Å². The highest BCUT2D eigenvalue weighted by Gasteiger charge is 2.30. The number of sulfone groups is 1. The summed E-state index contributed by atoms with van der Waals surface area (Å²) in [5, 5.41) is 5.19. The van der Waals surface area contributed by atoms with Crippen LogP contribution in [-0.2, 0) is 20.8 Å². The van der Waals surface area contributed by atoms with Crippen LogP contribution in [0.5, 0.6) is 5.75 Å². The van der Waals surface area contributed by atoms with Crippen LogP contribution in [0.25, 0.3) is 11.3 Å². The molecule has 180 valence electrons. The van der Waals surface area contributed by atoms with Crippen molar-refractivity contribution in [1.29, 1.82) is 0 Å². The van der Waals surface area contributed by atoms with Gasteiger partial charge in [-0.2, -0.15) is 13.2 Å². The van der Waals surface area contributed by atoms with Gasteiger partial charge in [0.2, 0.25) is 5.91 Å². The van der Waals surface area contributed by atoms with Crippen LogP contribution >= 0.6 is 0 Å². The Bertz CT molecular complexity index is 1310. The SMILES string of the molecule is CCOc1cc(Nc2cc(NC(C)=O)ncc2-c2ccc(C(F)(F)F)cn2)nc(S(C)(=O)=O)c1. The topological polar surface area (TPSA) is 123 Å². The molecule has 9 nitrogen and oxygen atoms in total. The number of alkyl halides is 3. The summed E-state index contributed by atoms with van der Waals surface area (Å²) in [6.07, 6.45) is -1.55. The van der Waals surface area contributed by atoms with Crippen LogP contribution in [0.2, 0.25) is 0 Å². The molecule has 0 unspecified atom stereocenters. The standard InChI is InChI=1S/C21H20F3N5O4S/c1-4-33-14-7-19(29-20(8-14)34(3,31)32)28-17-9-18(27-12(2)30)26-11-15(17)16-6-5-13(10-25-16)21(22,23)24/h5-11H,4H2,1-3H3,(H2,26,27,28,29,30). The van der Waals surface area contributed by atoms with E-state index >= 15 is 0 Å². The van der Waals surface area contributed by atoms with E-state index in [1.54, 1.807) is 6.92 Å². The Balaban J connectivity index is 2.10. The maximum absolute atomic E-state index is 12.9. The first kappa shape index (κ1) is 24.9. The average molecular weight is 495 g/mol. The summed E-state index contributed by atoms with van der Waals surface area (Å²) in [7, 11) is -3.68. The Kier molecular flexibility index (Phi) is 7.05. The second kappa shape index (κ2) is 9.63. The van der Waals surface area contributed by atoms with E-state index in [0.29, 0.717) is 6.20 Å². The lowest BCUT2D eigenvalue weighted by Gasteiger charge is -2.15. The molecule has 0 aliphatic heterocycles.